The predicted octanol–water partition coefficient (Wildman–Crippen LogP) is 1.61. The zero-order valence-electron chi connectivity index (χ0n) is 32.1. The summed E-state index contributed by atoms with van der Waals surface area (Å²) in [7, 11) is -25.1. The molecule has 0 saturated heterocycles. The van der Waals surface area contributed by atoms with Gasteiger partial charge in [0.2, 0.25) is 37.3 Å². The molecule has 3 aliphatic rings. The summed E-state index contributed by atoms with van der Waals surface area (Å²) >= 11 is 0. The Morgan fingerprint density at radius 1 is 0.361 bits per heavy atom. The maximum Gasteiger partial charge on any atom is 0.480 e. The Labute approximate surface area is 338 Å². The van der Waals surface area contributed by atoms with Crippen LogP contribution < -0.4 is 0 Å². The van der Waals surface area contributed by atoms with E-state index in [-0.39, 0.29) is 0 Å². The van der Waals surface area contributed by atoms with E-state index in [2.05, 4.69) is 128 Å². The minimum Gasteiger partial charge on any atom is -0.421 e. The highest BCUT2D eigenvalue weighted by atomic mass is 32.3. The second kappa shape index (κ2) is 20.0. The molecule has 0 aromatic carbocycles. The number of alkyl halides is 15. The Bertz CT molecular complexity index is 2070. The largest absolute Gasteiger partial charge is 0.480 e. The van der Waals surface area contributed by atoms with Crippen LogP contribution in [0.3, 0.4) is 0 Å². The first kappa shape index (κ1) is 59.8. The van der Waals surface area contributed by atoms with Crippen molar-refractivity contribution in [2.75, 3.05) is 42.3 Å². The van der Waals surface area contributed by atoms with Gasteiger partial charge in [-0.2, -0.15) is 93.3 Å². The van der Waals surface area contributed by atoms with Crippen LogP contribution >= 0.6 is 0 Å². The summed E-state index contributed by atoms with van der Waals surface area (Å²) in [5, 5.41) is 0. The van der Waals surface area contributed by atoms with E-state index in [0.717, 1.165) is 4.13 Å². The van der Waals surface area contributed by atoms with Gasteiger partial charge in [-0.3, -0.25) is 25.3 Å². The molecule has 61 heavy (non-hydrogen) atoms. The smallest absolute Gasteiger partial charge is 0.421 e. The van der Waals surface area contributed by atoms with Crippen LogP contribution in [-0.4, -0.2) is 195 Å². The SMILES string of the molecule is CC1[N+](C)=CC=[N+]1C.CC1[N+](C)=CC=[N+]1C.CC1[N+](C)=CC=[N+]1C.O=S(=O)([C-](S(=O)(=O)C(F)(F)F)S(=O)(=O)C(F)(F)F)C(F)(F)F.O=S(=O)([N-]S(=O)(=O)C(F)(F)F)C(F)(F)F. The molecule has 3 heterocycles. The molecule has 0 amide bonds. The molecule has 17 nitrogen and oxygen atoms in total. The third-order valence-electron chi connectivity index (χ3n) is 7.50. The summed E-state index contributed by atoms with van der Waals surface area (Å²) in [5.41, 5.74) is -33.6. The Balaban J connectivity index is 0. The third-order valence-corrected chi connectivity index (χ3v) is 17.3. The van der Waals surface area contributed by atoms with Crippen molar-refractivity contribution in [3.8, 4) is 0 Å². The molecule has 37 heteroatoms. The molecule has 0 saturated carbocycles. The van der Waals surface area contributed by atoms with Gasteiger partial charge in [0.15, 0.2) is 49.6 Å². The average molecular weight is 1030 g/mol. The first-order valence-electron chi connectivity index (χ1n) is 15.0. The van der Waals surface area contributed by atoms with Gasteiger partial charge in [0.05, 0.1) is 24.7 Å². The van der Waals surface area contributed by atoms with Crippen LogP contribution in [0.1, 0.15) is 20.8 Å². The lowest BCUT2D eigenvalue weighted by atomic mass is 10.5. The second-order valence-corrected chi connectivity index (χ2v) is 21.6. The fraction of sp³-hybridized carbons (Fsp3) is 0.708. The van der Waals surface area contributed by atoms with Crippen LogP contribution in [0.15, 0.2) is 0 Å². The molecule has 358 valence electrons. The summed E-state index contributed by atoms with van der Waals surface area (Å²) in [6.07, 6.45) is 14.1. The summed E-state index contributed by atoms with van der Waals surface area (Å²) in [5.74, 6) is 0. The molecule has 0 bridgehead atoms. The quantitative estimate of drug-likeness (QED) is 0.221. The maximum absolute atomic E-state index is 12.0. The Morgan fingerprint density at radius 3 is 0.590 bits per heavy atom. The Kier molecular flexibility index (Phi) is 19.6. The summed E-state index contributed by atoms with van der Waals surface area (Å²) in [6, 6.07) is 0. The fourth-order valence-electron chi connectivity index (χ4n) is 3.17. The monoisotopic (exact) mass is 1030 g/mol. The molecule has 0 unspecified atom stereocenters. The van der Waals surface area contributed by atoms with Crippen LogP contribution in [0.2, 0.25) is 0 Å². The third kappa shape index (κ3) is 15.5. The summed E-state index contributed by atoms with van der Waals surface area (Å²) in [4.78, 5) is 0. The van der Waals surface area contributed by atoms with Crippen LogP contribution in [0, 0.1) is 3.91 Å². The van der Waals surface area contributed by atoms with E-state index in [0.29, 0.717) is 18.5 Å². The van der Waals surface area contributed by atoms with Gasteiger partial charge >= 0.3 is 46.0 Å². The minimum absolute atomic E-state index is 0.537. The highest BCUT2D eigenvalue weighted by Crippen LogP contribution is 2.47. The lowest BCUT2D eigenvalue weighted by Crippen LogP contribution is -2.47. The number of halogens is 15. The first-order valence-corrected chi connectivity index (χ1v) is 22.3. The lowest BCUT2D eigenvalue weighted by Gasteiger charge is -2.31. The number of hydrogen-bond donors (Lipinski definition) is 0. The zero-order chi connectivity index (χ0) is 49.7. The van der Waals surface area contributed by atoms with Gasteiger partial charge in [-0.1, -0.05) is 0 Å². The molecular formula is C24H36F15N7O10S5+4. The van der Waals surface area contributed by atoms with Crippen molar-refractivity contribution >= 4 is 86.8 Å². The van der Waals surface area contributed by atoms with E-state index < -0.39 is 81.0 Å². The van der Waals surface area contributed by atoms with E-state index >= 15 is 0 Å². The molecule has 3 rings (SSSR count). The van der Waals surface area contributed by atoms with Crippen molar-refractivity contribution in [2.45, 2.75) is 66.8 Å². The van der Waals surface area contributed by atoms with E-state index in [1.165, 1.54) is 0 Å². The van der Waals surface area contributed by atoms with Crippen LogP contribution in [0.25, 0.3) is 4.13 Å². The summed E-state index contributed by atoms with van der Waals surface area (Å²) < 4.78 is 290. The van der Waals surface area contributed by atoms with Gasteiger partial charge in [0, 0.05) is 0 Å². The van der Waals surface area contributed by atoms with Gasteiger partial charge in [-0.05, 0) is 0 Å². The topological polar surface area (TPSA) is 203 Å². The zero-order valence-corrected chi connectivity index (χ0v) is 36.2. The van der Waals surface area contributed by atoms with Crippen molar-refractivity contribution in [1.29, 1.82) is 0 Å². The first-order chi connectivity index (χ1) is 26.5. The van der Waals surface area contributed by atoms with Gasteiger partial charge in [-0.25, -0.2) is 16.8 Å². The standard InChI is InChI=1S/3C6H12N2.C4F9O6S3.C2F6NO4S2/c3*1-6-7(2)4-5-8(6)3;5-2(6,7)20(14,15)1(21(16,17)3(8,9)10)22(18,19)4(11,12)13;3-1(4,5)14(10,11)9-15(12,13)2(6,7)8/h3*4-6H,1-3H3;;/q3*+2;2*-1. The van der Waals surface area contributed by atoms with Crippen molar-refractivity contribution in [2.24, 2.45) is 0 Å². The van der Waals surface area contributed by atoms with Crippen LogP contribution in [0.5, 0.6) is 0 Å². The fourth-order valence-corrected chi connectivity index (χ4v) is 10.6. The Hall–Kier alpha value is -3.32. The number of sulfonamides is 2. The highest BCUT2D eigenvalue weighted by Gasteiger charge is 2.63. The van der Waals surface area contributed by atoms with Gasteiger partial charge in [0.25, 0.3) is 0 Å². The van der Waals surface area contributed by atoms with Crippen molar-refractivity contribution in [3.05, 3.63) is 8.04 Å². The van der Waals surface area contributed by atoms with E-state index in [4.69, 9.17) is 0 Å². The van der Waals surface area contributed by atoms with Crippen LogP contribution in [-0.2, 0) is 49.6 Å². The Morgan fingerprint density at radius 2 is 0.508 bits per heavy atom. The molecule has 0 N–H and O–H groups in total. The van der Waals surface area contributed by atoms with E-state index in [1.54, 1.807) is 0 Å². The van der Waals surface area contributed by atoms with Crippen molar-refractivity contribution < 1.29 is 135 Å². The summed E-state index contributed by atoms with van der Waals surface area (Å²) in [6.45, 7) is 6.50. The van der Waals surface area contributed by atoms with Gasteiger partial charge in [0.1, 0.15) is 42.3 Å². The second-order valence-electron chi connectivity index (χ2n) is 11.8. The molecular weight excluding hydrogens is 992 g/mol. The molecule has 0 fully saturated rings. The van der Waals surface area contributed by atoms with E-state index in [9.17, 15) is 108 Å². The molecule has 0 aliphatic carbocycles. The molecule has 3 aliphatic heterocycles. The molecule has 0 atom stereocenters. The van der Waals surface area contributed by atoms with Crippen molar-refractivity contribution in [3.63, 3.8) is 0 Å². The van der Waals surface area contributed by atoms with Gasteiger partial charge in [-0.15, -0.1) is 0 Å². The molecule has 0 radical (unpaired) electrons. The molecule has 0 aromatic rings. The maximum atomic E-state index is 12.0. The van der Waals surface area contributed by atoms with Crippen LogP contribution in [0.4, 0.5) is 65.9 Å². The molecule has 0 aromatic heterocycles. The molecule has 0 spiro atoms. The lowest BCUT2D eigenvalue weighted by molar-refractivity contribution is -0.734. The number of rotatable bonds is 5. The predicted molar refractivity (Wildman–Crippen MR) is 183 cm³/mol. The normalized spacial score (nSPS) is 17.8. The highest BCUT2D eigenvalue weighted by molar-refractivity contribution is 8.29. The van der Waals surface area contributed by atoms with Gasteiger partial charge < -0.3 is 4.13 Å². The number of hydrogen-bond acceptors (Lipinski definition) is 10. The van der Waals surface area contributed by atoms with E-state index in [1.807, 2.05) is 0 Å². The minimum atomic E-state index is -8.02. The number of nitrogens with zero attached hydrogens (tertiary/aromatic N) is 7. The van der Waals surface area contributed by atoms with Crippen molar-refractivity contribution in [1.82, 2.24) is 0 Å². The number of sulfone groups is 3. The average Bonchev–Trinajstić information content (AvgIpc) is 3.61.